The number of carboxylic acids is 1. The number of hydrogen-bond acceptors (Lipinski definition) is 2. The van der Waals surface area contributed by atoms with Gasteiger partial charge in [-0.05, 0) is 12.3 Å². The lowest BCUT2D eigenvalue weighted by atomic mass is 10.2. The lowest BCUT2D eigenvalue weighted by Crippen LogP contribution is -2.27. The first-order valence-corrected chi connectivity index (χ1v) is 4.51. The molecule has 0 atom stereocenters. The molecule has 0 aliphatic carbocycles. The standard InChI is InChI=1S/C9H17NO3/c1-7(2)6-10-8(11)4-3-5-9(12)13/h7H,3-6H2,1-2H3,(H,10,11)(H,12,13). The molecule has 0 aromatic heterocycles. The molecule has 0 saturated heterocycles. The first kappa shape index (κ1) is 11.9. The van der Waals surface area contributed by atoms with Gasteiger partial charge >= 0.3 is 5.97 Å². The van der Waals surface area contributed by atoms with Crippen LogP contribution in [0, 0.1) is 5.92 Å². The number of nitrogens with one attached hydrogen (secondary N) is 1. The van der Waals surface area contributed by atoms with Gasteiger partial charge in [0.1, 0.15) is 0 Å². The Kier molecular flexibility index (Phi) is 5.93. The van der Waals surface area contributed by atoms with Crippen molar-refractivity contribution in [3.63, 3.8) is 0 Å². The Hall–Kier alpha value is -1.06. The van der Waals surface area contributed by atoms with E-state index in [1.54, 1.807) is 0 Å². The number of amides is 1. The number of rotatable bonds is 6. The van der Waals surface area contributed by atoms with Crippen LogP contribution < -0.4 is 5.32 Å². The Morgan fingerprint density at radius 2 is 1.92 bits per heavy atom. The van der Waals surface area contributed by atoms with Gasteiger partial charge in [-0.1, -0.05) is 13.8 Å². The second-order valence-electron chi connectivity index (χ2n) is 3.45. The highest BCUT2D eigenvalue weighted by molar-refractivity contribution is 5.76. The van der Waals surface area contributed by atoms with Crippen molar-refractivity contribution in [1.29, 1.82) is 0 Å². The molecule has 0 fully saturated rings. The molecule has 0 aromatic carbocycles. The van der Waals surface area contributed by atoms with Crippen LogP contribution in [-0.4, -0.2) is 23.5 Å². The molecule has 4 heteroatoms. The van der Waals surface area contributed by atoms with E-state index < -0.39 is 5.97 Å². The summed E-state index contributed by atoms with van der Waals surface area (Å²) < 4.78 is 0. The van der Waals surface area contributed by atoms with Gasteiger partial charge in [0.15, 0.2) is 0 Å². The van der Waals surface area contributed by atoms with Crippen molar-refractivity contribution < 1.29 is 14.7 Å². The fourth-order valence-electron chi connectivity index (χ4n) is 0.807. The molecule has 0 spiro atoms. The molecule has 76 valence electrons. The molecule has 0 rings (SSSR count). The number of aliphatic carboxylic acids is 1. The molecule has 0 aliphatic heterocycles. The van der Waals surface area contributed by atoms with Crippen molar-refractivity contribution in [2.75, 3.05) is 6.54 Å². The Balaban J connectivity index is 3.35. The fourth-order valence-corrected chi connectivity index (χ4v) is 0.807. The van der Waals surface area contributed by atoms with E-state index in [1.807, 2.05) is 13.8 Å². The molecule has 0 aliphatic rings. The van der Waals surface area contributed by atoms with Crippen LogP contribution in [0.25, 0.3) is 0 Å². The second kappa shape index (κ2) is 6.46. The molecule has 13 heavy (non-hydrogen) atoms. The van der Waals surface area contributed by atoms with Crippen LogP contribution in [0.1, 0.15) is 33.1 Å². The topological polar surface area (TPSA) is 66.4 Å². The number of carbonyl (C=O) groups is 2. The van der Waals surface area contributed by atoms with E-state index in [4.69, 9.17) is 5.11 Å². The minimum absolute atomic E-state index is 0.0602. The maximum atomic E-state index is 11.0. The molecular formula is C9H17NO3. The zero-order valence-corrected chi connectivity index (χ0v) is 8.17. The molecule has 1 amide bonds. The van der Waals surface area contributed by atoms with Crippen molar-refractivity contribution in [2.45, 2.75) is 33.1 Å². The van der Waals surface area contributed by atoms with Crippen LogP contribution in [0.2, 0.25) is 0 Å². The van der Waals surface area contributed by atoms with Gasteiger partial charge in [-0.15, -0.1) is 0 Å². The summed E-state index contributed by atoms with van der Waals surface area (Å²) >= 11 is 0. The third-order valence-corrected chi connectivity index (χ3v) is 1.50. The monoisotopic (exact) mass is 187 g/mol. The average Bonchev–Trinajstić information content (AvgIpc) is 2.00. The first-order chi connectivity index (χ1) is 6.02. The van der Waals surface area contributed by atoms with Gasteiger partial charge in [-0.25, -0.2) is 0 Å². The Labute approximate surface area is 78.3 Å². The van der Waals surface area contributed by atoms with E-state index in [9.17, 15) is 9.59 Å². The predicted molar refractivity (Wildman–Crippen MR) is 49.3 cm³/mol. The summed E-state index contributed by atoms with van der Waals surface area (Å²) in [4.78, 5) is 21.1. The van der Waals surface area contributed by atoms with Gasteiger partial charge in [0.2, 0.25) is 5.91 Å². The largest absolute Gasteiger partial charge is 0.481 e. The maximum Gasteiger partial charge on any atom is 0.303 e. The van der Waals surface area contributed by atoms with E-state index >= 15 is 0 Å². The van der Waals surface area contributed by atoms with E-state index in [1.165, 1.54) is 0 Å². The molecular weight excluding hydrogens is 170 g/mol. The summed E-state index contributed by atoms with van der Waals surface area (Å²) in [6.07, 6.45) is 0.785. The summed E-state index contributed by atoms with van der Waals surface area (Å²) in [5, 5.41) is 11.0. The zero-order valence-electron chi connectivity index (χ0n) is 8.17. The molecule has 0 saturated carbocycles. The van der Waals surface area contributed by atoms with Gasteiger partial charge < -0.3 is 10.4 Å². The quantitative estimate of drug-likeness (QED) is 0.652. The zero-order chi connectivity index (χ0) is 10.3. The SMILES string of the molecule is CC(C)CNC(=O)CCCC(=O)O. The van der Waals surface area contributed by atoms with Gasteiger partial charge in [-0.3, -0.25) is 9.59 Å². The molecule has 0 heterocycles. The van der Waals surface area contributed by atoms with Crippen LogP contribution in [0.5, 0.6) is 0 Å². The summed E-state index contributed by atoms with van der Waals surface area (Å²) in [7, 11) is 0. The number of hydrogen-bond donors (Lipinski definition) is 2. The van der Waals surface area contributed by atoms with Crippen LogP contribution in [0.15, 0.2) is 0 Å². The van der Waals surface area contributed by atoms with Crippen molar-refractivity contribution >= 4 is 11.9 Å². The highest BCUT2D eigenvalue weighted by Gasteiger charge is 2.03. The van der Waals surface area contributed by atoms with Gasteiger partial charge in [0.25, 0.3) is 0 Å². The maximum absolute atomic E-state index is 11.0. The highest BCUT2D eigenvalue weighted by Crippen LogP contribution is 1.95. The van der Waals surface area contributed by atoms with Crippen LogP contribution in [0.4, 0.5) is 0 Å². The Bertz CT molecular complexity index is 178. The molecule has 2 N–H and O–H groups in total. The van der Waals surface area contributed by atoms with E-state index in [2.05, 4.69) is 5.32 Å². The summed E-state index contributed by atoms with van der Waals surface area (Å²) in [6.45, 7) is 4.68. The predicted octanol–water partition coefficient (Wildman–Crippen LogP) is 1.01. The van der Waals surface area contributed by atoms with Gasteiger partial charge in [0, 0.05) is 19.4 Å². The van der Waals surface area contributed by atoms with Crippen molar-refractivity contribution in [3.8, 4) is 0 Å². The van der Waals surface area contributed by atoms with E-state index in [0.29, 0.717) is 25.3 Å². The highest BCUT2D eigenvalue weighted by atomic mass is 16.4. The van der Waals surface area contributed by atoms with Gasteiger partial charge in [-0.2, -0.15) is 0 Å². The van der Waals surface area contributed by atoms with E-state index in [-0.39, 0.29) is 12.3 Å². The molecule has 4 nitrogen and oxygen atoms in total. The first-order valence-electron chi connectivity index (χ1n) is 4.51. The minimum Gasteiger partial charge on any atom is -0.481 e. The van der Waals surface area contributed by atoms with Crippen LogP contribution in [-0.2, 0) is 9.59 Å². The Morgan fingerprint density at radius 3 is 2.38 bits per heavy atom. The molecule has 0 aromatic rings. The summed E-state index contributed by atoms with van der Waals surface area (Å²) in [5.74, 6) is -0.477. The molecule has 0 bridgehead atoms. The number of carboxylic acid groups (broad SMARTS) is 1. The van der Waals surface area contributed by atoms with Crippen molar-refractivity contribution in [1.82, 2.24) is 5.32 Å². The third-order valence-electron chi connectivity index (χ3n) is 1.50. The molecule has 0 unspecified atom stereocenters. The summed E-state index contributed by atoms with van der Waals surface area (Å²) in [6, 6.07) is 0. The normalized spacial score (nSPS) is 10.1. The Morgan fingerprint density at radius 1 is 1.31 bits per heavy atom. The summed E-state index contributed by atoms with van der Waals surface area (Å²) in [5.41, 5.74) is 0. The minimum atomic E-state index is -0.850. The fraction of sp³-hybridized carbons (Fsp3) is 0.778. The van der Waals surface area contributed by atoms with Crippen LogP contribution in [0.3, 0.4) is 0 Å². The van der Waals surface area contributed by atoms with Crippen molar-refractivity contribution in [2.24, 2.45) is 5.92 Å². The smallest absolute Gasteiger partial charge is 0.303 e. The molecule has 0 radical (unpaired) electrons. The number of carbonyl (C=O) groups excluding carboxylic acids is 1. The van der Waals surface area contributed by atoms with Crippen LogP contribution >= 0.6 is 0 Å². The van der Waals surface area contributed by atoms with E-state index in [0.717, 1.165) is 0 Å². The van der Waals surface area contributed by atoms with Crippen molar-refractivity contribution in [3.05, 3.63) is 0 Å². The third kappa shape index (κ3) is 8.85. The lowest BCUT2D eigenvalue weighted by molar-refractivity contribution is -0.137. The van der Waals surface area contributed by atoms with Gasteiger partial charge in [0.05, 0.1) is 0 Å². The second-order valence-corrected chi connectivity index (χ2v) is 3.45. The average molecular weight is 187 g/mol. The lowest BCUT2D eigenvalue weighted by Gasteiger charge is -2.06.